The molecule has 5 heteroatoms. The van der Waals surface area contributed by atoms with Gasteiger partial charge in [0.15, 0.2) is 0 Å². The van der Waals surface area contributed by atoms with Gasteiger partial charge in [0.25, 0.3) is 0 Å². The number of alkyl halides is 1. The normalized spacial score (nSPS) is 16.9. The van der Waals surface area contributed by atoms with Crippen LogP contribution in [0.25, 0.3) is 11.3 Å². The summed E-state index contributed by atoms with van der Waals surface area (Å²) >= 11 is 9.26. The van der Waals surface area contributed by atoms with Crippen molar-refractivity contribution in [3.8, 4) is 0 Å². The molecule has 0 amide bonds. The van der Waals surface area contributed by atoms with Crippen LogP contribution >= 0.6 is 27.5 Å². The Hall–Kier alpha value is -1.65. The second-order valence-corrected chi connectivity index (χ2v) is 6.83. The molecule has 1 N–H and O–H groups in total. The van der Waals surface area contributed by atoms with Crippen molar-refractivity contribution < 1.29 is 8.78 Å². The van der Waals surface area contributed by atoms with Gasteiger partial charge >= 0.3 is 0 Å². The maximum absolute atomic E-state index is 14.4. The van der Waals surface area contributed by atoms with Gasteiger partial charge in [-0.1, -0.05) is 78.3 Å². The van der Waals surface area contributed by atoms with E-state index in [0.717, 1.165) is 23.3 Å². The van der Waals surface area contributed by atoms with E-state index in [4.69, 9.17) is 11.6 Å². The molecule has 1 heterocycles. The summed E-state index contributed by atoms with van der Waals surface area (Å²) in [5.74, 6) is -1.40. The highest BCUT2D eigenvalue weighted by Crippen LogP contribution is 2.38. The Morgan fingerprint density at radius 1 is 1.12 bits per heavy atom. The van der Waals surface area contributed by atoms with Crippen molar-refractivity contribution >= 4 is 38.8 Å². The van der Waals surface area contributed by atoms with Gasteiger partial charge in [-0.15, -0.1) is 0 Å². The van der Waals surface area contributed by atoms with Crippen molar-refractivity contribution in [2.75, 3.05) is 0 Å². The van der Waals surface area contributed by atoms with Crippen molar-refractivity contribution in [3.63, 3.8) is 0 Å². The molecule has 0 fully saturated rings. The van der Waals surface area contributed by atoms with Crippen LogP contribution in [0.5, 0.6) is 0 Å². The highest BCUT2D eigenvalue weighted by molar-refractivity contribution is 9.09. The second-order valence-electron chi connectivity index (χ2n) is 5.29. The fourth-order valence-corrected chi connectivity index (χ4v) is 3.24. The van der Waals surface area contributed by atoms with Crippen molar-refractivity contribution in [1.29, 1.82) is 0 Å². The molecule has 2 aromatic carbocycles. The van der Waals surface area contributed by atoms with E-state index in [1.54, 1.807) is 0 Å². The summed E-state index contributed by atoms with van der Waals surface area (Å²) in [4.78, 5) is -0.0140. The Balaban J connectivity index is 0.00000109. The molecular weight excluding hydrogens is 408 g/mol. The Morgan fingerprint density at radius 3 is 2.24 bits per heavy atom. The first kappa shape index (κ1) is 19.7. The number of rotatable bonds is 2. The molecule has 2 aromatic rings. The molecule has 1 unspecified atom stereocenters. The van der Waals surface area contributed by atoms with Crippen molar-refractivity contribution in [3.05, 3.63) is 82.5 Å². The molecule has 3 rings (SSSR count). The zero-order valence-electron chi connectivity index (χ0n) is 14.0. The fourth-order valence-electron chi connectivity index (χ4n) is 2.61. The molecular formula is C20H19BrClF2N. The third-order valence-electron chi connectivity index (χ3n) is 3.73. The van der Waals surface area contributed by atoms with Crippen molar-refractivity contribution in [2.45, 2.75) is 25.1 Å². The lowest BCUT2D eigenvalue weighted by atomic mass is 9.91. The lowest BCUT2D eigenvalue weighted by Gasteiger charge is -2.28. The van der Waals surface area contributed by atoms with Crippen molar-refractivity contribution in [1.82, 2.24) is 5.32 Å². The Labute approximate surface area is 160 Å². The van der Waals surface area contributed by atoms with Gasteiger partial charge in [-0.2, -0.15) is 0 Å². The second kappa shape index (κ2) is 8.63. The van der Waals surface area contributed by atoms with Crippen LogP contribution in [0.2, 0.25) is 5.02 Å². The molecule has 0 bridgehead atoms. The van der Waals surface area contributed by atoms with Crippen LogP contribution in [0.4, 0.5) is 8.78 Å². The maximum Gasteiger partial charge on any atom is 0.136 e. The molecule has 1 aliphatic heterocycles. The van der Waals surface area contributed by atoms with E-state index in [1.807, 2.05) is 44.2 Å². The van der Waals surface area contributed by atoms with E-state index in [1.165, 1.54) is 0 Å². The Morgan fingerprint density at radius 2 is 1.68 bits per heavy atom. The quantitative estimate of drug-likeness (QED) is 0.522. The fraction of sp³-hybridized carbons (Fsp3) is 0.200. The van der Waals surface area contributed by atoms with Gasteiger partial charge in [-0.25, -0.2) is 8.78 Å². The molecule has 1 atom stereocenters. The lowest BCUT2D eigenvalue weighted by molar-refractivity contribution is 0.574. The van der Waals surface area contributed by atoms with E-state index < -0.39 is 11.6 Å². The van der Waals surface area contributed by atoms with Crippen molar-refractivity contribution in [2.24, 2.45) is 0 Å². The smallest absolute Gasteiger partial charge is 0.136 e. The molecule has 132 valence electrons. The van der Waals surface area contributed by atoms with Gasteiger partial charge in [0.2, 0.25) is 0 Å². The van der Waals surface area contributed by atoms with Gasteiger partial charge in [-0.3, -0.25) is 0 Å². The predicted octanol–water partition coefficient (Wildman–Crippen LogP) is 6.78. The number of nitrogens with one attached hydrogen (secondary N) is 1. The minimum absolute atomic E-state index is 0.0140. The highest BCUT2D eigenvalue weighted by atomic mass is 79.9. The molecule has 25 heavy (non-hydrogen) atoms. The Bertz CT molecular complexity index is 780. The first-order chi connectivity index (χ1) is 12.0. The molecule has 0 aliphatic carbocycles. The van der Waals surface area contributed by atoms with Crippen LogP contribution in [0, 0.1) is 11.6 Å². The summed E-state index contributed by atoms with van der Waals surface area (Å²) in [5.41, 5.74) is 2.66. The van der Waals surface area contributed by atoms with Gasteiger partial charge in [0.1, 0.15) is 11.6 Å². The molecule has 0 saturated heterocycles. The van der Waals surface area contributed by atoms with Gasteiger partial charge in [0, 0.05) is 10.7 Å². The first-order valence-corrected chi connectivity index (χ1v) is 9.30. The minimum Gasteiger partial charge on any atom is -0.358 e. The van der Waals surface area contributed by atoms with Crippen LogP contribution in [0.1, 0.15) is 31.4 Å². The number of hydrogen-bond acceptors (Lipinski definition) is 1. The first-order valence-electron chi connectivity index (χ1n) is 8.00. The van der Waals surface area contributed by atoms with E-state index in [9.17, 15) is 8.78 Å². The largest absolute Gasteiger partial charge is 0.358 e. The predicted molar refractivity (Wildman–Crippen MR) is 106 cm³/mol. The topological polar surface area (TPSA) is 12.0 Å². The maximum atomic E-state index is 14.4. The third kappa shape index (κ3) is 4.31. The molecule has 1 nitrogen and oxygen atoms in total. The molecule has 0 aromatic heterocycles. The number of hydrogen-bond donors (Lipinski definition) is 1. The lowest BCUT2D eigenvalue weighted by Crippen LogP contribution is -2.26. The zero-order valence-corrected chi connectivity index (χ0v) is 16.4. The summed E-state index contributed by atoms with van der Waals surface area (Å²) in [6.07, 6.45) is 0.576. The zero-order chi connectivity index (χ0) is 18.6. The van der Waals surface area contributed by atoms with E-state index >= 15 is 0 Å². The van der Waals surface area contributed by atoms with Crippen LogP contribution in [0.15, 0.2) is 54.7 Å². The SMILES string of the molecule is C=C1NC(c2c(F)cc(Cl)cc2F)=C(c2ccccc2)CC1Br.CC. The van der Waals surface area contributed by atoms with Gasteiger partial charge < -0.3 is 5.32 Å². The molecule has 0 spiro atoms. The summed E-state index contributed by atoms with van der Waals surface area (Å²) in [6.45, 7) is 7.91. The van der Waals surface area contributed by atoms with E-state index in [0.29, 0.717) is 17.8 Å². The Kier molecular flexibility index (Phi) is 6.79. The summed E-state index contributed by atoms with van der Waals surface area (Å²) in [6, 6.07) is 11.7. The summed E-state index contributed by atoms with van der Waals surface area (Å²) in [5, 5.41) is 3.07. The standard InChI is InChI=1S/C18H13BrClF2N.C2H6/c1-10-14(19)9-13(11-5-3-2-4-6-11)18(23-10)17-15(21)7-12(20)8-16(17)22;1-2/h2-8,14,23H,1,9H2;1-2H3. The van der Waals surface area contributed by atoms with Crippen LogP contribution in [-0.4, -0.2) is 4.83 Å². The monoisotopic (exact) mass is 425 g/mol. The van der Waals surface area contributed by atoms with E-state index in [-0.39, 0.29) is 15.4 Å². The average Bonchev–Trinajstić information content (AvgIpc) is 2.59. The van der Waals surface area contributed by atoms with Gasteiger partial charge in [0.05, 0.1) is 16.1 Å². The number of benzene rings is 2. The number of allylic oxidation sites excluding steroid dienone is 2. The average molecular weight is 427 g/mol. The summed E-state index contributed by atoms with van der Waals surface area (Å²) < 4.78 is 28.7. The highest BCUT2D eigenvalue weighted by Gasteiger charge is 2.27. The van der Waals surface area contributed by atoms with Crippen LogP contribution in [0.3, 0.4) is 0 Å². The molecule has 0 saturated carbocycles. The molecule has 1 aliphatic rings. The molecule has 0 radical (unpaired) electrons. The van der Waals surface area contributed by atoms with E-state index in [2.05, 4.69) is 27.8 Å². The van der Waals surface area contributed by atoms with Crippen LogP contribution in [-0.2, 0) is 0 Å². The number of halogens is 4. The van der Waals surface area contributed by atoms with Gasteiger partial charge in [-0.05, 0) is 29.7 Å². The summed E-state index contributed by atoms with van der Waals surface area (Å²) in [7, 11) is 0. The third-order valence-corrected chi connectivity index (χ3v) is 4.82. The minimum atomic E-state index is -0.702. The van der Waals surface area contributed by atoms with Crippen LogP contribution < -0.4 is 5.32 Å².